The molecule has 16 heavy (non-hydrogen) atoms. The number of aryl methyl sites for hydroxylation is 1. The third-order valence-electron chi connectivity index (χ3n) is 2.73. The van der Waals surface area contributed by atoms with Crippen LogP contribution in [0.5, 0.6) is 0 Å². The molecule has 3 heteroatoms. The van der Waals surface area contributed by atoms with E-state index in [-0.39, 0.29) is 0 Å². The molecule has 0 atom stereocenters. The molecule has 0 aliphatic carbocycles. The number of allylic oxidation sites excluding steroid dienone is 1. The van der Waals surface area contributed by atoms with E-state index in [0.717, 1.165) is 32.5 Å². The fourth-order valence-electron chi connectivity index (χ4n) is 1.67. The van der Waals surface area contributed by atoms with Gasteiger partial charge in [-0.1, -0.05) is 13.0 Å². The van der Waals surface area contributed by atoms with Crippen LogP contribution in [0.2, 0.25) is 0 Å². The maximum absolute atomic E-state index is 4.41. The minimum absolute atomic E-state index is 0.932. The summed E-state index contributed by atoms with van der Waals surface area (Å²) in [6, 6.07) is 0. The lowest BCUT2D eigenvalue weighted by Crippen LogP contribution is -2.14. The van der Waals surface area contributed by atoms with Crippen LogP contribution in [0.4, 0.5) is 0 Å². The summed E-state index contributed by atoms with van der Waals surface area (Å²) in [5, 5.41) is 7.81. The van der Waals surface area contributed by atoms with E-state index in [2.05, 4.69) is 35.5 Å². The van der Waals surface area contributed by atoms with Gasteiger partial charge in [0.25, 0.3) is 0 Å². The summed E-state index contributed by atoms with van der Waals surface area (Å²) >= 11 is 0. The van der Waals surface area contributed by atoms with Crippen LogP contribution in [0.1, 0.15) is 37.4 Å². The normalized spacial score (nSPS) is 10.6. The molecule has 0 aliphatic rings. The number of unbranched alkanes of at least 4 members (excludes halogenated alkanes) is 1. The molecule has 0 saturated heterocycles. The van der Waals surface area contributed by atoms with Crippen molar-refractivity contribution in [2.24, 2.45) is 0 Å². The fourth-order valence-corrected chi connectivity index (χ4v) is 1.67. The van der Waals surface area contributed by atoms with Crippen molar-refractivity contribution in [1.82, 2.24) is 15.1 Å². The van der Waals surface area contributed by atoms with Crippen LogP contribution in [-0.4, -0.2) is 16.3 Å². The average Bonchev–Trinajstić information content (AvgIpc) is 2.62. The summed E-state index contributed by atoms with van der Waals surface area (Å²) in [5.41, 5.74) is 2.60. The third-order valence-corrected chi connectivity index (χ3v) is 2.73. The fraction of sp³-hybridized carbons (Fsp3) is 0.615. The Morgan fingerprint density at radius 3 is 3.06 bits per heavy atom. The van der Waals surface area contributed by atoms with Crippen molar-refractivity contribution in [2.75, 3.05) is 6.54 Å². The highest BCUT2D eigenvalue weighted by Crippen LogP contribution is 2.08. The number of nitrogens with one attached hydrogen (secondary N) is 1. The van der Waals surface area contributed by atoms with Crippen LogP contribution >= 0.6 is 0 Å². The molecule has 0 aromatic carbocycles. The van der Waals surface area contributed by atoms with Gasteiger partial charge < -0.3 is 5.32 Å². The molecule has 3 nitrogen and oxygen atoms in total. The van der Waals surface area contributed by atoms with Gasteiger partial charge in [-0.25, -0.2) is 0 Å². The Labute approximate surface area is 98.5 Å². The SMILES string of the molecule is C=CCCCn1ncc(CNCCC)c1C. The topological polar surface area (TPSA) is 29.9 Å². The molecule has 0 fully saturated rings. The van der Waals surface area contributed by atoms with Gasteiger partial charge in [-0.05, 0) is 32.7 Å². The molecule has 0 radical (unpaired) electrons. The molecule has 0 saturated carbocycles. The van der Waals surface area contributed by atoms with E-state index in [1.807, 2.05) is 12.3 Å². The minimum atomic E-state index is 0.932. The summed E-state index contributed by atoms with van der Waals surface area (Å²) < 4.78 is 2.09. The first-order valence-electron chi connectivity index (χ1n) is 6.12. The molecular formula is C13H23N3. The molecule has 1 aromatic rings. The molecule has 0 aliphatic heterocycles. The predicted octanol–water partition coefficient (Wildman–Crippen LogP) is 2.66. The highest BCUT2D eigenvalue weighted by molar-refractivity contribution is 5.15. The van der Waals surface area contributed by atoms with Gasteiger partial charge >= 0.3 is 0 Å². The molecule has 90 valence electrons. The second-order valence-electron chi connectivity index (χ2n) is 4.09. The van der Waals surface area contributed by atoms with Gasteiger partial charge in [-0.2, -0.15) is 5.10 Å². The van der Waals surface area contributed by atoms with Crippen LogP contribution in [-0.2, 0) is 13.1 Å². The Bertz CT molecular complexity index is 315. The lowest BCUT2D eigenvalue weighted by molar-refractivity contribution is 0.567. The van der Waals surface area contributed by atoms with E-state index in [0.29, 0.717) is 0 Å². The van der Waals surface area contributed by atoms with Crippen LogP contribution in [0.3, 0.4) is 0 Å². The molecule has 1 N–H and O–H groups in total. The first-order valence-corrected chi connectivity index (χ1v) is 6.12. The quantitative estimate of drug-likeness (QED) is 0.540. The second-order valence-corrected chi connectivity index (χ2v) is 4.09. The number of nitrogens with zero attached hydrogens (tertiary/aromatic N) is 2. The van der Waals surface area contributed by atoms with Crippen LogP contribution in [0.15, 0.2) is 18.9 Å². The van der Waals surface area contributed by atoms with E-state index < -0.39 is 0 Å². The van der Waals surface area contributed by atoms with Crippen molar-refractivity contribution >= 4 is 0 Å². The second kappa shape index (κ2) is 7.23. The van der Waals surface area contributed by atoms with E-state index >= 15 is 0 Å². The third kappa shape index (κ3) is 3.81. The minimum Gasteiger partial charge on any atom is -0.313 e. The van der Waals surface area contributed by atoms with Crippen LogP contribution < -0.4 is 5.32 Å². The van der Waals surface area contributed by atoms with E-state index in [9.17, 15) is 0 Å². The van der Waals surface area contributed by atoms with Crippen LogP contribution in [0.25, 0.3) is 0 Å². The van der Waals surface area contributed by atoms with Gasteiger partial charge in [0.15, 0.2) is 0 Å². The van der Waals surface area contributed by atoms with Crippen molar-refractivity contribution in [3.63, 3.8) is 0 Å². The summed E-state index contributed by atoms with van der Waals surface area (Å²) in [4.78, 5) is 0. The Morgan fingerprint density at radius 2 is 2.38 bits per heavy atom. The lowest BCUT2D eigenvalue weighted by Gasteiger charge is -2.05. The van der Waals surface area contributed by atoms with Gasteiger partial charge in [0.05, 0.1) is 6.20 Å². The maximum Gasteiger partial charge on any atom is 0.0537 e. The van der Waals surface area contributed by atoms with Crippen molar-refractivity contribution in [1.29, 1.82) is 0 Å². The lowest BCUT2D eigenvalue weighted by atomic mass is 10.2. The van der Waals surface area contributed by atoms with Gasteiger partial charge in [0.2, 0.25) is 0 Å². The number of hydrogen-bond donors (Lipinski definition) is 1. The Hall–Kier alpha value is -1.09. The highest BCUT2D eigenvalue weighted by Gasteiger charge is 2.04. The molecule has 0 amide bonds. The maximum atomic E-state index is 4.41. The van der Waals surface area contributed by atoms with Crippen molar-refractivity contribution in [3.8, 4) is 0 Å². The van der Waals surface area contributed by atoms with E-state index in [4.69, 9.17) is 0 Å². The molecule has 1 aromatic heterocycles. The predicted molar refractivity (Wildman–Crippen MR) is 68.4 cm³/mol. The van der Waals surface area contributed by atoms with E-state index in [1.54, 1.807) is 0 Å². The Morgan fingerprint density at radius 1 is 1.56 bits per heavy atom. The monoisotopic (exact) mass is 221 g/mol. The summed E-state index contributed by atoms with van der Waals surface area (Å²) in [5.74, 6) is 0. The zero-order valence-electron chi connectivity index (χ0n) is 10.5. The largest absolute Gasteiger partial charge is 0.313 e. The average molecular weight is 221 g/mol. The number of rotatable bonds is 8. The van der Waals surface area contributed by atoms with Crippen molar-refractivity contribution in [3.05, 3.63) is 30.1 Å². The van der Waals surface area contributed by atoms with Crippen LogP contribution in [0, 0.1) is 6.92 Å². The van der Waals surface area contributed by atoms with Gasteiger partial charge in [-0.3, -0.25) is 4.68 Å². The van der Waals surface area contributed by atoms with Gasteiger partial charge in [0.1, 0.15) is 0 Å². The zero-order chi connectivity index (χ0) is 11.8. The molecule has 0 unspecified atom stereocenters. The first-order chi connectivity index (χ1) is 7.79. The van der Waals surface area contributed by atoms with Crippen molar-refractivity contribution in [2.45, 2.75) is 46.2 Å². The molecule has 0 bridgehead atoms. The Balaban J connectivity index is 2.44. The molecule has 0 spiro atoms. The van der Waals surface area contributed by atoms with Gasteiger partial charge in [0, 0.05) is 24.3 Å². The first kappa shape index (κ1) is 13.0. The van der Waals surface area contributed by atoms with E-state index in [1.165, 1.54) is 17.7 Å². The Kier molecular flexibility index (Phi) is 5.86. The summed E-state index contributed by atoms with van der Waals surface area (Å²) in [6.45, 7) is 11.0. The zero-order valence-corrected chi connectivity index (χ0v) is 10.5. The molecule has 1 heterocycles. The summed E-state index contributed by atoms with van der Waals surface area (Å²) in [6.07, 6.45) is 7.29. The number of aromatic nitrogens is 2. The molecule has 1 rings (SSSR count). The highest BCUT2D eigenvalue weighted by atomic mass is 15.3. The summed E-state index contributed by atoms with van der Waals surface area (Å²) in [7, 11) is 0. The molecular weight excluding hydrogens is 198 g/mol. The van der Waals surface area contributed by atoms with Crippen molar-refractivity contribution < 1.29 is 0 Å². The smallest absolute Gasteiger partial charge is 0.0537 e. The standard InChI is InChI=1S/C13H23N3/c1-4-6-7-9-16-12(3)13(11-15-16)10-14-8-5-2/h4,11,14H,1,5-10H2,2-3H3. The number of hydrogen-bond acceptors (Lipinski definition) is 2. The van der Waals surface area contributed by atoms with Gasteiger partial charge in [-0.15, -0.1) is 6.58 Å².